The number of carbonyl (C=O) groups is 1. The van der Waals surface area contributed by atoms with Crippen molar-refractivity contribution in [1.29, 1.82) is 0 Å². The van der Waals surface area contributed by atoms with Crippen LogP contribution in [0.1, 0.15) is 31.2 Å². The molecule has 0 bridgehead atoms. The normalized spacial score (nSPS) is 22.4. The van der Waals surface area contributed by atoms with Crippen molar-refractivity contribution in [2.75, 3.05) is 13.2 Å². The summed E-state index contributed by atoms with van der Waals surface area (Å²) in [5, 5.41) is 12.4. The van der Waals surface area contributed by atoms with E-state index in [1.165, 1.54) is 5.56 Å². The maximum Gasteiger partial charge on any atom is 0.306 e. The minimum Gasteiger partial charge on any atom is -0.492 e. The first-order valence-corrected chi connectivity index (χ1v) is 7.31. The molecule has 2 rings (SSSR count). The maximum absolute atomic E-state index is 10.9. The Balaban J connectivity index is 1.60. The molecule has 1 saturated carbocycles. The minimum absolute atomic E-state index is 0.142. The molecule has 0 unspecified atom stereocenters. The van der Waals surface area contributed by atoms with Crippen LogP contribution in [-0.2, 0) is 4.79 Å². The SMILES string of the molecule is Cc1ccc(OCCNC2CCC(C(=O)O)CC2)cc1. The van der Waals surface area contributed by atoms with E-state index in [9.17, 15) is 4.79 Å². The first-order valence-electron chi connectivity index (χ1n) is 7.31. The first kappa shape index (κ1) is 14.9. The molecule has 4 nitrogen and oxygen atoms in total. The van der Waals surface area contributed by atoms with Crippen molar-refractivity contribution in [3.05, 3.63) is 29.8 Å². The van der Waals surface area contributed by atoms with Gasteiger partial charge in [0, 0.05) is 12.6 Å². The topological polar surface area (TPSA) is 58.6 Å². The molecule has 0 aliphatic heterocycles. The second-order valence-electron chi connectivity index (χ2n) is 5.50. The highest BCUT2D eigenvalue weighted by Gasteiger charge is 2.25. The predicted octanol–water partition coefficient (Wildman–Crippen LogP) is 2.61. The number of carboxylic acids is 1. The number of aryl methyl sites for hydroxylation is 1. The molecule has 1 aromatic carbocycles. The summed E-state index contributed by atoms with van der Waals surface area (Å²) in [6.45, 7) is 3.50. The van der Waals surface area contributed by atoms with Crippen LogP contribution in [0.2, 0.25) is 0 Å². The lowest BCUT2D eigenvalue weighted by molar-refractivity contribution is -0.142. The van der Waals surface area contributed by atoms with E-state index in [0.29, 0.717) is 12.6 Å². The quantitative estimate of drug-likeness (QED) is 0.785. The number of hydrogen-bond acceptors (Lipinski definition) is 3. The standard InChI is InChI=1S/C16H23NO3/c1-12-2-8-15(9-3-12)20-11-10-17-14-6-4-13(5-7-14)16(18)19/h2-3,8-9,13-14,17H,4-7,10-11H2,1H3,(H,18,19). The zero-order chi connectivity index (χ0) is 14.4. The van der Waals surface area contributed by atoms with E-state index >= 15 is 0 Å². The number of nitrogens with one attached hydrogen (secondary N) is 1. The summed E-state index contributed by atoms with van der Waals surface area (Å²) in [5.74, 6) is 0.106. The molecule has 0 radical (unpaired) electrons. The molecule has 1 aromatic rings. The van der Waals surface area contributed by atoms with Gasteiger partial charge in [0.15, 0.2) is 0 Å². The Kier molecular flexibility index (Phi) is 5.41. The summed E-state index contributed by atoms with van der Waals surface area (Å²) in [5.41, 5.74) is 1.23. The smallest absolute Gasteiger partial charge is 0.306 e. The van der Waals surface area contributed by atoms with Crippen molar-refractivity contribution in [3.63, 3.8) is 0 Å². The van der Waals surface area contributed by atoms with E-state index < -0.39 is 5.97 Å². The molecule has 1 aliphatic rings. The van der Waals surface area contributed by atoms with Crippen LogP contribution in [0.4, 0.5) is 0 Å². The van der Waals surface area contributed by atoms with Crippen LogP contribution in [0.5, 0.6) is 5.75 Å². The zero-order valence-electron chi connectivity index (χ0n) is 12.0. The molecule has 2 N–H and O–H groups in total. The number of rotatable bonds is 6. The van der Waals surface area contributed by atoms with Gasteiger partial charge in [-0.2, -0.15) is 0 Å². The van der Waals surface area contributed by atoms with E-state index in [0.717, 1.165) is 38.0 Å². The molecule has 1 aliphatic carbocycles. The monoisotopic (exact) mass is 277 g/mol. The lowest BCUT2D eigenvalue weighted by Gasteiger charge is -2.26. The molecule has 1 fully saturated rings. The van der Waals surface area contributed by atoms with Gasteiger partial charge in [0.2, 0.25) is 0 Å². The zero-order valence-corrected chi connectivity index (χ0v) is 12.0. The van der Waals surface area contributed by atoms with Crippen LogP contribution in [0, 0.1) is 12.8 Å². The highest BCUT2D eigenvalue weighted by molar-refractivity contribution is 5.70. The van der Waals surface area contributed by atoms with Crippen molar-refractivity contribution in [2.45, 2.75) is 38.6 Å². The molecular formula is C16H23NO3. The Morgan fingerprint density at radius 2 is 1.90 bits per heavy atom. The third-order valence-corrected chi connectivity index (χ3v) is 3.90. The van der Waals surface area contributed by atoms with Crippen LogP contribution in [-0.4, -0.2) is 30.3 Å². The van der Waals surface area contributed by atoms with Gasteiger partial charge in [-0.25, -0.2) is 0 Å². The third-order valence-electron chi connectivity index (χ3n) is 3.90. The van der Waals surface area contributed by atoms with E-state index in [4.69, 9.17) is 9.84 Å². The molecule has 0 heterocycles. The van der Waals surface area contributed by atoms with Gasteiger partial charge in [-0.1, -0.05) is 17.7 Å². The van der Waals surface area contributed by atoms with Crippen molar-refractivity contribution in [3.8, 4) is 5.75 Å². The summed E-state index contributed by atoms with van der Waals surface area (Å²) in [7, 11) is 0. The summed E-state index contributed by atoms with van der Waals surface area (Å²) in [6, 6.07) is 8.47. The molecule has 20 heavy (non-hydrogen) atoms. The number of hydrogen-bond donors (Lipinski definition) is 2. The molecule has 110 valence electrons. The molecule has 0 aromatic heterocycles. The van der Waals surface area contributed by atoms with Gasteiger partial charge in [0.1, 0.15) is 12.4 Å². The van der Waals surface area contributed by atoms with E-state index in [1.807, 2.05) is 24.3 Å². The number of ether oxygens (including phenoxy) is 1. The summed E-state index contributed by atoms with van der Waals surface area (Å²) in [4.78, 5) is 10.9. The lowest BCUT2D eigenvalue weighted by atomic mass is 9.86. The van der Waals surface area contributed by atoms with Gasteiger partial charge in [-0.05, 0) is 44.7 Å². The van der Waals surface area contributed by atoms with Gasteiger partial charge in [-0.15, -0.1) is 0 Å². The van der Waals surface area contributed by atoms with E-state index in [2.05, 4.69) is 12.2 Å². The largest absolute Gasteiger partial charge is 0.492 e. The van der Waals surface area contributed by atoms with Crippen molar-refractivity contribution < 1.29 is 14.6 Å². The fraction of sp³-hybridized carbons (Fsp3) is 0.562. The number of benzene rings is 1. The predicted molar refractivity (Wildman–Crippen MR) is 78.1 cm³/mol. The highest BCUT2D eigenvalue weighted by Crippen LogP contribution is 2.24. The fourth-order valence-corrected chi connectivity index (χ4v) is 2.61. The summed E-state index contributed by atoms with van der Waals surface area (Å²) < 4.78 is 5.65. The second kappa shape index (κ2) is 7.29. The second-order valence-corrected chi connectivity index (χ2v) is 5.50. The first-order chi connectivity index (χ1) is 9.65. The van der Waals surface area contributed by atoms with Gasteiger partial charge in [-0.3, -0.25) is 4.79 Å². The van der Waals surface area contributed by atoms with Gasteiger partial charge >= 0.3 is 5.97 Å². The maximum atomic E-state index is 10.9. The molecule has 0 amide bonds. The third kappa shape index (κ3) is 4.53. The van der Waals surface area contributed by atoms with Gasteiger partial charge in [0.25, 0.3) is 0 Å². The Labute approximate surface area is 120 Å². The fourth-order valence-electron chi connectivity index (χ4n) is 2.61. The molecular weight excluding hydrogens is 254 g/mol. The lowest BCUT2D eigenvalue weighted by Crippen LogP contribution is -2.37. The van der Waals surface area contributed by atoms with Gasteiger partial charge in [0.05, 0.1) is 5.92 Å². The Bertz CT molecular complexity index is 422. The van der Waals surface area contributed by atoms with Crippen molar-refractivity contribution >= 4 is 5.97 Å². The Morgan fingerprint density at radius 3 is 2.50 bits per heavy atom. The average molecular weight is 277 g/mol. The summed E-state index contributed by atoms with van der Waals surface area (Å²) in [6.07, 6.45) is 3.46. The van der Waals surface area contributed by atoms with Crippen LogP contribution in [0.25, 0.3) is 0 Å². The van der Waals surface area contributed by atoms with Crippen LogP contribution < -0.4 is 10.1 Å². The molecule has 0 saturated heterocycles. The van der Waals surface area contributed by atoms with E-state index in [-0.39, 0.29) is 5.92 Å². The average Bonchev–Trinajstić information content (AvgIpc) is 2.46. The van der Waals surface area contributed by atoms with Crippen molar-refractivity contribution in [1.82, 2.24) is 5.32 Å². The van der Waals surface area contributed by atoms with Crippen molar-refractivity contribution in [2.24, 2.45) is 5.92 Å². The Morgan fingerprint density at radius 1 is 1.25 bits per heavy atom. The highest BCUT2D eigenvalue weighted by atomic mass is 16.5. The number of aliphatic carboxylic acids is 1. The van der Waals surface area contributed by atoms with Crippen LogP contribution >= 0.6 is 0 Å². The summed E-state index contributed by atoms with van der Waals surface area (Å²) >= 11 is 0. The van der Waals surface area contributed by atoms with Crippen LogP contribution in [0.15, 0.2) is 24.3 Å². The molecule has 4 heteroatoms. The van der Waals surface area contributed by atoms with Crippen LogP contribution in [0.3, 0.4) is 0 Å². The van der Waals surface area contributed by atoms with Gasteiger partial charge < -0.3 is 15.2 Å². The number of carboxylic acid groups (broad SMARTS) is 1. The Hall–Kier alpha value is -1.55. The molecule has 0 spiro atoms. The minimum atomic E-state index is -0.647. The molecule has 0 atom stereocenters. The van der Waals surface area contributed by atoms with E-state index in [1.54, 1.807) is 0 Å².